The highest BCUT2D eigenvalue weighted by Crippen LogP contribution is 2.41. The van der Waals surface area contributed by atoms with Crippen LogP contribution < -0.4 is 10.1 Å². The number of carbonyl (C=O) groups is 2. The fraction of sp³-hybridized carbons (Fsp3) is 0.172. The van der Waals surface area contributed by atoms with Gasteiger partial charge >= 0.3 is 5.97 Å². The average Bonchev–Trinajstić information content (AvgIpc) is 3.21. The van der Waals surface area contributed by atoms with E-state index in [1.54, 1.807) is 0 Å². The molecule has 1 N–H and O–H groups in total. The normalized spacial score (nSPS) is 10.7. The second-order valence-corrected chi connectivity index (χ2v) is 9.15. The molecule has 3 aromatic carbocycles. The monoisotopic (exact) mass is 485 g/mol. The highest BCUT2D eigenvalue weighted by molar-refractivity contribution is 7.17. The molecule has 5 nitrogen and oxygen atoms in total. The third kappa shape index (κ3) is 5.28. The highest BCUT2D eigenvalue weighted by Gasteiger charge is 2.28. The Morgan fingerprint density at radius 1 is 0.886 bits per heavy atom. The summed E-state index contributed by atoms with van der Waals surface area (Å²) >= 11 is 1.37. The highest BCUT2D eigenvalue weighted by atomic mass is 32.1. The zero-order valence-corrected chi connectivity index (χ0v) is 20.7. The van der Waals surface area contributed by atoms with E-state index >= 15 is 0 Å². The quantitative estimate of drug-likeness (QED) is 0.283. The van der Waals surface area contributed by atoms with Gasteiger partial charge in [-0.15, -0.1) is 11.3 Å². The van der Waals surface area contributed by atoms with Crippen LogP contribution in [0.25, 0.3) is 11.1 Å². The van der Waals surface area contributed by atoms with Gasteiger partial charge in [-0.25, -0.2) is 4.79 Å². The number of hydrogen-bond donors (Lipinski definition) is 1. The molecule has 1 heterocycles. The van der Waals surface area contributed by atoms with Crippen LogP contribution in [-0.4, -0.2) is 25.6 Å². The van der Waals surface area contributed by atoms with E-state index in [0.29, 0.717) is 17.2 Å². The standard InChI is InChI=1S/C29H27NO4S/c1-4-34-23-17-15-22(16-18-23)24-19(2)35-28(26(24)29(32)33-3)30-27(31)25(20-11-7-5-8-12-20)21-13-9-6-10-14-21/h5-18,25H,4H2,1-3H3,(H,30,31). The van der Waals surface area contributed by atoms with E-state index < -0.39 is 11.9 Å². The van der Waals surface area contributed by atoms with Crippen LogP contribution in [0.5, 0.6) is 5.75 Å². The molecule has 0 bridgehead atoms. The van der Waals surface area contributed by atoms with Crippen molar-refractivity contribution in [2.24, 2.45) is 0 Å². The summed E-state index contributed by atoms with van der Waals surface area (Å²) in [7, 11) is 1.35. The van der Waals surface area contributed by atoms with Gasteiger partial charge < -0.3 is 14.8 Å². The first-order chi connectivity index (χ1) is 17.0. The largest absolute Gasteiger partial charge is 0.494 e. The third-order valence-electron chi connectivity index (χ3n) is 5.69. The number of esters is 1. The van der Waals surface area contributed by atoms with Crippen LogP contribution in [0.15, 0.2) is 84.9 Å². The van der Waals surface area contributed by atoms with Gasteiger partial charge in [0.05, 0.1) is 19.6 Å². The minimum Gasteiger partial charge on any atom is -0.494 e. The molecule has 0 saturated heterocycles. The van der Waals surface area contributed by atoms with E-state index in [2.05, 4.69) is 5.32 Å². The van der Waals surface area contributed by atoms with E-state index in [1.165, 1.54) is 18.4 Å². The Labute approximate surface area is 209 Å². The number of anilines is 1. The van der Waals surface area contributed by atoms with Crippen molar-refractivity contribution in [2.75, 3.05) is 19.0 Å². The summed E-state index contributed by atoms with van der Waals surface area (Å²) in [5.74, 6) is -0.485. The molecule has 1 amide bonds. The van der Waals surface area contributed by atoms with Gasteiger partial charge in [0.25, 0.3) is 0 Å². The van der Waals surface area contributed by atoms with E-state index in [9.17, 15) is 9.59 Å². The van der Waals surface area contributed by atoms with Gasteiger partial charge in [0.15, 0.2) is 0 Å². The molecule has 0 saturated carbocycles. The minimum absolute atomic E-state index is 0.216. The second kappa shape index (κ2) is 11.0. The Bertz CT molecular complexity index is 1260. The number of methoxy groups -OCH3 is 1. The summed E-state index contributed by atoms with van der Waals surface area (Å²) in [5.41, 5.74) is 3.70. The molecule has 0 unspecified atom stereocenters. The van der Waals surface area contributed by atoms with Crippen LogP contribution in [0.1, 0.15) is 39.2 Å². The summed E-state index contributed by atoms with van der Waals surface area (Å²) in [6.07, 6.45) is 0. The molecule has 0 radical (unpaired) electrons. The number of ether oxygens (including phenoxy) is 2. The van der Waals surface area contributed by atoms with Crippen molar-refractivity contribution in [3.63, 3.8) is 0 Å². The topological polar surface area (TPSA) is 64.6 Å². The Balaban J connectivity index is 1.74. The molecule has 0 atom stereocenters. The predicted molar refractivity (Wildman–Crippen MR) is 140 cm³/mol. The van der Waals surface area contributed by atoms with Crippen LogP contribution in [0, 0.1) is 6.92 Å². The molecule has 4 rings (SSSR count). The third-order valence-corrected chi connectivity index (χ3v) is 6.71. The maximum Gasteiger partial charge on any atom is 0.341 e. The molecular formula is C29H27NO4S. The number of rotatable bonds is 8. The predicted octanol–water partition coefficient (Wildman–Crippen LogP) is 6.68. The van der Waals surface area contributed by atoms with Gasteiger partial charge in [0.2, 0.25) is 5.91 Å². The van der Waals surface area contributed by atoms with Gasteiger partial charge in [0.1, 0.15) is 16.3 Å². The van der Waals surface area contributed by atoms with Gasteiger partial charge in [0, 0.05) is 10.4 Å². The summed E-state index contributed by atoms with van der Waals surface area (Å²) in [4.78, 5) is 27.5. The van der Waals surface area contributed by atoms with Crippen molar-refractivity contribution in [1.82, 2.24) is 0 Å². The molecule has 0 spiro atoms. The SMILES string of the molecule is CCOc1ccc(-c2c(C)sc(NC(=O)C(c3ccccc3)c3ccccc3)c2C(=O)OC)cc1. The van der Waals surface area contributed by atoms with Crippen LogP contribution in [0.4, 0.5) is 5.00 Å². The number of benzene rings is 3. The zero-order valence-electron chi connectivity index (χ0n) is 19.9. The Kier molecular flexibility index (Phi) is 7.63. The van der Waals surface area contributed by atoms with E-state index in [1.807, 2.05) is 98.8 Å². The van der Waals surface area contributed by atoms with Crippen molar-refractivity contribution >= 4 is 28.2 Å². The minimum atomic E-state index is -0.528. The molecule has 0 aliphatic carbocycles. The first kappa shape index (κ1) is 24.2. The zero-order chi connectivity index (χ0) is 24.8. The van der Waals surface area contributed by atoms with Crippen LogP contribution in [0.3, 0.4) is 0 Å². The van der Waals surface area contributed by atoms with Crippen molar-refractivity contribution < 1.29 is 19.1 Å². The molecule has 178 valence electrons. The van der Waals surface area contributed by atoms with Gasteiger partial charge in [-0.2, -0.15) is 0 Å². The average molecular weight is 486 g/mol. The lowest BCUT2D eigenvalue weighted by molar-refractivity contribution is -0.116. The number of nitrogens with one attached hydrogen (secondary N) is 1. The Hall–Kier alpha value is -3.90. The molecular weight excluding hydrogens is 458 g/mol. The smallest absolute Gasteiger partial charge is 0.341 e. The maximum atomic E-state index is 13.7. The molecule has 0 aliphatic heterocycles. The molecule has 35 heavy (non-hydrogen) atoms. The van der Waals surface area contributed by atoms with Crippen LogP contribution in [-0.2, 0) is 9.53 Å². The molecule has 0 fully saturated rings. The fourth-order valence-corrected chi connectivity index (χ4v) is 5.20. The second-order valence-electron chi connectivity index (χ2n) is 7.93. The van der Waals surface area contributed by atoms with E-state index in [-0.39, 0.29) is 5.91 Å². The lowest BCUT2D eigenvalue weighted by Gasteiger charge is -2.18. The number of amides is 1. The van der Waals surface area contributed by atoms with Crippen LogP contribution in [0.2, 0.25) is 0 Å². The van der Waals surface area contributed by atoms with Crippen molar-refractivity contribution in [2.45, 2.75) is 19.8 Å². The summed E-state index contributed by atoms with van der Waals surface area (Å²) in [5, 5.41) is 3.51. The molecule has 4 aromatic rings. The lowest BCUT2D eigenvalue weighted by Crippen LogP contribution is -2.23. The van der Waals surface area contributed by atoms with Crippen molar-refractivity contribution in [3.05, 3.63) is 106 Å². The number of carbonyl (C=O) groups excluding carboxylic acids is 2. The van der Waals surface area contributed by atoms with Crippen molar-refractivity contribution in [1.29, 1.82) is 0 Å². The molecule has 0 aliphatic rings. The van der Waals surface area contributed by atoms with E-state index in [4.69, 9.17) is 9.47 Å². The fourth-order valence-electron chi connectivity index (χ4n) is 4.13. The number of aryl methyl sites for hydroxylation is 1. The first-order valence-electron chi connectivity index (χ1n) is 11.4. The Morgan fingerprint density at radius 3 is 1.97 bits per heavy atom. The van der Waals surface area contributed by atoms with Gasteiger partial charge in [-0.05, 0) is 42.7 Å². The maximum absolute atomic E-state index is 13.7. The van der Waals surface area contributed by atoms with Crippen LogP contribution >= 0.6 is 11.3 Å². The molecule has 1 aromatic heterocycles. The lowest BCUT2D eigenvalue weighted by atomic mass is 9.90. The first-order valence-corrected chi connectivity index (χ1v) is 12.2. The summed E-state index contributed by atoms with van der Waals surface area (Å²) in [6, 6.07) is 26.8. The molecule has 6 heteroatoms. The van der Waals surface area contributed by atoms with Gasteiger partial charge in [-0.1, -0.05) is 72.8 Å². The van der Waals surface area contributed by atoms with E-state index in [0.717, 1.165) is 32.9 Å². The number of thiophene rings is 1. The number of hydrogen-bond acceptors (Lipinski definition) is 5. The van der Waals surface area contributed by atoms with Gasteiger partial charge in [-0.3, -0.25) is 4.79 Å². The summed E-state index contributed by atoms with van der Waals surface area (Å²) < 4.78 is 10.7. The van der Waals surface area contributed by atoms with Crippen molar-refractivity contribution in [3.8, 4) is 16.9 Å². The Morgan fingerprint density at radius 2 is 1.46 bits per heavy atom. The summed E-state index contributed by atoms with van der Waals surface area (Å²) in [6.45, 7) is 4.44.